The van der Waals surface area contributed by atoms with Crippen molar-refractivity contribution in [2.24, 2.45) is 12.2 Å². The first-order valence-corrected chi connectivity index (χ1v) is 8.62. The van der Waals surface area contributed by atoms with Gasteiger partial charge in [0.25, 0.3) is 5.91 Å². The quantitative estimate of drug-likeness (QED) is 0.379. The van der Waals surface area contributed by atoms with Crippen molar-refractivity contribution in [3.8, 4) is 0 Å². The SMILES string of the molecule is CC(C)N(C(=O)c1cnc2c(c1N=[N+]=[N-])c1ccccc1n2C)C(C)C. The first-order valence-electron chi connectivity index (χ1n) is 8.62. The van der Waals surface area contributed by atoms with Crippen LogP contribution >= 0.6 is 0 Å². The van der Waals surface area contributed by atoms with E-state index >= 15 is 0 Å². The van der Waals surface area contributed by atoms with Gasteiger partial charge in [-0.15, -0.1) is 0 Å². The molecule has 0 saturated carbocycles. The second-order valence-electron chi connectivity index (χ2n) is 6.88. The number of para-hydroxylation sites is 1. The Hall–Kier alpha value is -3.05. The number of benzene rings is 1. The molecule has 0 unspecified atom stereocenters. The summed E-state index contributed by atoms with van der Waals surface area (Å²) < 4.78 is 1.94. The summed E-state index contributed by atoms with van der Waals surface area (Å²) in [4.78, 5) is 22.5. The fourth-order valence-corrected chi connectivity index (χ4v) is 3.60. The summed E-state index contributed by atoms with van der Waals surface area (Å²) in [6, 6.07) is 7.83. The van der Waals surface area contributed by atoms with Crippen LogP contribution in [0.1, 0.15) is 38.1 Å². The van der Waals surface area contributed by atoms with Gasteiger partial charge in [0.1, 0.15) is 5.65 Å². The summed E-state index contributed by atoms with van der Waals surface area (Å²) in [5.74, 6) is -0.181. The lowest BCUT2D eigenvalue weighted by Gasteiger charge is -2.31. The van der Waals surface area contributed by atoms with Crippen LogP contribution in [0.4, 0.5) is 5.69 Å². The molecule has 7 heteroatoms. The minimum Gasteiger partial charge on any atom is -0.334 e. The lowest BCUT2D eigenvalue weighted by Crippen LogP contribution is -2.42. The molecule has 0 bridgehead atoms. The zero-order chi connectivity index (χ0) is 19.0. The maximum atomic E-state index is 13.2. The molecule has 1 aromatic carbocycles. The van der Waals surface area contributed by atoms with E-state index in [1.54, 1.807) is 4.90 Å². The number of fused-ring (bicyclic) bond motifs is 3. The lowest BCUT2D eigenvalue weighted by molar-refractivity contribution is 0.0644. The number of azide groups is 1. The fraction of sp³-hybridized carbons (Fsp3) is 0.368. The molecule has 3 rings (SSSR count). The largest absolute Gasteiger partial charge is 0.334 e. The molecule has 0 aliphatic heterocycles. The summed E-state index contributed by atoms with van der Waals surface area (Å²) in [6.45, 7) is 7.87. The van der Waals surface area contributed by atoms with Gasteiger partial charge >= 0.3 is 0 Å². The molecule has 0 atom stereocenters. The number of aromatic nitrogens is 2. The van der Waals surface area contributed by atoms with Crippen molar-refractivity contribution in [1.29, 1.82) is 0 Å². The molecule has 26 heavy (non-hydrogen) atoms. The average molecular weight is 350 g/mol. The molecule has 0 N–H and O–H groups in total. The highest BCUT2D eigenvalue weighted by Crippen LogP contribution is 2.37. The molecule has 1 amide bonds. The summed E-state index contributed by atoms with van der Waals surface area (Å²) >= 11 is 0. The number of nitrogens with zero attached hydrogens (tertiary/aromatic N) is 6. The van der Waals surface area contributed by atoms with Crippen LogP contribution < -0.4 is 0 Å². The van der Waals surface area contributed by atoms with Crippen LogP contribution in [0.15, 0.2) is 35.6 Å². The lowest BCUT2D eigenvalue weighted by atomic mass is 10.1. The van der Waals surface area contributed by atoms with E-state index in [1.807, 2.05) is 63.6 Å². The van der Waals surface area contributed by atoms with Gasteiger partial charge in [0.2, 0.25) is 0 Å². The van der Waals surface area contributed by atoms with Crippen LogP contribution in [-0.2, 0) is 7.05 Å². The van der Waals surface area contributed by atoms with Crippen LogP contribution in [-0.4, -0.2) is 32.4 Å². The third-order valence-corrected chi connectivity index (χ3v) is 4.61. The molecule has 3 aromatic rings. The number of hydrogen-bond acceptors (Lipinski definition) is 3. The molecule has 0 fully saturated rings. The highest BCUT2D eigenvalue weighted by Gasteiger charge is 2.26. The van der Waals surface area contributed by atoms with Gasteiger partial charge in [-0.25, -0.2) is 4.98 Å². The molecule has 0 spiro atoms. The van der Waals surface area contributed by atoms with Gasteiger partial charge in [0.05, 0.1) is 16.8 Å². The fourth-order valence-electron chi connectivity index (χ4n) is 3.60. The second-order valence-corrected chi connectivity index (χ2v) is 6.88. The Balaban J connectivity index is 2.37. The Kier molecular flexibility index (Phi) is 4.57. The van der Waals surface area contributed by atoms with Gasteiger partial charge in [0, 0.05) is 41.0 Å². The average Bonchev–Trinajstić information content (AvgIpc) is 2.88. The first-order chi connectivity index (χ1) is 12.4. The minimum atomic E-state index is -0.181. The number of hydrogen-bond donors (Lipinski definition) is 0. The molecular formula is C19H22N6O. The highest BCUT2D eigenvalue weighted by molar-refractivity contribution is 6.16. The van der Waals surface area contributed by atoms with E-state index in [1.165, 1.54) is 6.20 Å². The number of carbonyl (C=O) groups is 1. The van der Waals surface area contributed by atoms with E-state index in [0.29, 0.717) is 22.3 Å². The number of pyridine rings is 1. The molecule has 2 heterocycles. The topological polar surface area (TPSA) is 86.9 Å². The number of aryl methyl sites for hydroxylation is 1. The molecule has 2 aromatic heterocycles. The van der Waals surface area contributed by atoms with Crippen LogP contribution in [0.5, 0.6) is 0 Å². The Morgan fingerprint density at radius 1 is 1.23 bits per heavy atom. The predicted octanol–water partition coefficient (Wildman–Crippen LogP) is 4.93. The Labute approximate surface area is 151 Å². The van der Waals surface area contributed by atoms with Gasteiger partial charge in [-0.1, -0.05) is 23.3 Å². The van der Waals surface area contributed by atoms with E-state index in [2.05, 4.69) is 15.0 Å². The van der Waals surface area contributed by atoms with E-state index in [-0.39, 0.29) is 18.0 Å². The van der Waals surface area contributed by atoms with Crippen molar-refractivity contribution in [3.05, 3.63) is 46.5 Å². The normalized spacial score (nSPS) is 11.3. The van der Waals surface area contributed by atoms with Crippen LogP contribution in [0.2, 0.25) is 0 Å². The second kappa shape index (κ2) is 6.69. The smallest absolute Gasteiger partial charge is 0.256 e. The van der Waals surface area contributed by atoms with Crippen molar-refractivity contribution in [2.45, 2.75) is 39.8 Å². The highest BCUT2D eigenvalue weighted by atomic mass is 16.2. The first kappa shape index (κ1) is 17.8. The Morgan fingerprint density at radius 2 is 1.88 bits per heavy atom. The van der Waals surface area contributed by atoms with Gasteiger partial charge in [-0.05, 0) is 39.3 Å². The molecule has 0 aliphatic carbocycles. The van der Waals surface area contributed by atoms with Crippen molar-refractivity contribution in [1.82, 2.24) is 14.5 Å². The van der Waals surface area contributed by atoms with E-state index in [4.69, 9.17) is 5.53 Å². The molecular weight excluding hydrogens is 328 g/mol. The van der Waals surface area contributed by atoms with Crippen molar-refractivity contribution >= 4 is 33.5 Å². The molecule has 0 saturated heterocycles. The third-order valence-electron chi connectivity index (χ3n) is 4.61. The van der Waals surface area contributed by atoms with Crippen LogP contribution in [0.3, 0.4) is 0 Å². The molecule has 0 aliphatic rings. The number of rotatable bonds is 4. The number of carbonyl (C=O) groups excluding carboxylic acids is 1. The minimum absolute atomic E-state index is 0.0182. The third kappa shape index (κ3) is 2.66. The zero-order valence-electron chi connectivity index (χ0n) is 15.6. The molecule has 134 valence electrons. The molecule has 0 radical (unpaired) electrons. The maximum Gasteiger partial charge on any atom is 0.256 e. The van der Waals surface area contributed by atoms with Crippen LogP contribution in [0.25, 0.3) is 32.4 Å². The van der Waals surface area contributed by atoms with Crippen molar-refractivity contribution < 1.29 is 4.79 Å². The van der Waals surface area contributed by atoms with Crippen LogP contribution in [0, 0.1) is 0 Å². The predicted molar refractivity (Wildman–Crippen MR) is 103 cm³/mol. The van der Waals surface area contributed by atoms with Gasteiger partial charge in [0.15, 0.2) is 0 Å². The summed E-state index contributed by atoms with van der Waals surface area (Å²) in [5.41, 5.74) is 11.5. The standard InChI is InChI=1S/C19H22N6O/c1-11(2)25(12(3)4)19(26)14-10-21-18-16(17(14)22-23-20)13-8-6-7-9-15(13)24(18)5/h6-12H,1-5H3. The van der Waals surface area contributed by atoms with Crippen molar-refractivity contribution in [3.63, 3.8) is 0 Å². The summed E-state index contributed by atoms with van der Waals surface area (Å²) in [6.07, 6.45) is 1.52. The van der Waals surface area contributed by atoms with Gasteiger partial charge < -0.3 is 9.47 Å². The monoisotopic (exact) mass is 350 g/mol. The zero-order valence-corrected chi connectivity index (χ0v) is 15.6. The Bertz CT molecular complexity index is 1040. The van der Waals surface area contributed by atoms with E-state index in [9.17, 15) is 4.79 Å². The summed E-state index contributed by atoms with van der Waals surface area (Å²) in [7, 11) is 1.91. The maximum absolute atomic E-state index is 13.2. The van der Waals surface area contributed by atoms with Gasteiger partial charge in [-0.2, -0.15) is 0 Å². The number of amides is 1. The molecule has 7 nitrogen and oxygen atoms in total. The summed E-state index contributed by atoms with van der Waals surface area (Å²) in [5, 5.41) is 5.52. The Morgan fingerprint density at radius 3 is 2.50 bits per heavy atom. The van der Waals surface area contributed by atoms with Gasteiger partial charge in [-0.3, -0.25) is 4.79 Å². The van der Waals surface area contributed by atoms with E-state index < -0.39 is 0 Å². The van der Waals surface area contributed by atoms with E-state index in [0.717, 1.165) is 10.9 Å². The van der Waals surface area contributed by atoms with Crippen molar-refractivity contribution in [2.75, 3.05) is 0 Å².